The molecule has 6 nitrogen and oxygen atoms in total. The average Bonchev–Trinajstić information content (AvgIpc) is 2.83. The summed E-state index contributed by atoms with van der Waals surface area (Å²) in [6.45, 7) is 15.6. The lowest BCUT2D eigenvalue weighted by Gasteiger charge is -2.69. The molecule has 0 unspecified atom stereocenters. The van der Waals surface area contributed by atoms with Gasteiger partial charge in [0.1, 0.15) is 6.07 Å². The van der Waals surface area contributed by atoms with Gasteiger partial charge in [0, 0.05) is 29.7 Å². The molecule has 0 saturated heterocycles. The summed E-state index contributed by atoms with van der Waals surface area (Å²) < 4.78 is 6.59. The second-order valence-corrected chi connectivity index (χ2v) is 15.4. The predicted molar refractivity (Wildman–Crippen MR) is 150 cm³/mol. The normalized spacial score (nSPS) is 44.1. The number of hydrogen-bond acceptors (Lipinski definition) is 6. The second kappa shape index (κ2) is 8.88. The molecule has 0 aromatic carbocycles. The molecule has 0 radical (unpaired) electrons. The van der Waals surface area contributed by atoms with E-state index < -0.39 is 23.5 Å². The van der Waals surface area contributed by atoms with Gasteiger partial charge in [-0.15, -0.1) is 0 Å². The molecule has 5 rings (SSSR count). The Labute approximate surface area is 234 Å². The zero-order valence-electron chi connectivity index (χ0n) is 24.9. The fourth-order valence-corrected chi connectivity index (χ4v) is 10.2. The van der Waals surface area contributed by atoms with E-state index in [0.717, 1.165) is 50.5 Å². The summed E-state index contributed by atoms with van der Waals surface area (Å²) in [5, 5.41) is 28.8. The maximum absolute atomic E-state index is 14.4. The van der Waals surface area contributed by atoms with Gasteiger partial charge in [0.05, 0.1) is 11.2 Å². The van der Waals surface area contributed by atoms with E-state index in [-0.39, 0.29) is 64.1 Å². The monoisotopic (exact) mass is 535 g/mol. The van der Waals surface area contributed by atoms with Crippen LogP contribution >= 0.6 is 0 Å². The van der Waals surface area contributed by atoms with Crippen LogP contribution in [0.5, 0.6) is 0 Å². The minimum atomic E-state index is -1.40. The molecule has 7 heteroatoms. The van der Waals surface area contributed by atoms with Crippen LogP contribution in [0.4, 0.5) is 0 Å². The zero-order chi connectivity index (χ0) is 28.8. The highest BCUT2D eigenvalue weighted by Crippen LogP contribution is 2.73. The molecule has 3 fully saturated rings. The van der Waals surface area contributed by atoms with Crippen molar-refractivity contribution in [1.29, 1.82) is 5.26 Å². The fraction of sp³-hybridized carbons (Fsp3) is 0.781. The van der Waals surface area contributed by atoms with E-state index in [0.29, 0.717) is 0 Å². The maximum atomic E-state index is 14.4. The minimum absolute atomic E-state index is 0.0337. The lowest BCUT2D eigenvalue weighted by molar-refractivity contribution is -0.212. The van der Waals surface area contributed by atoms with Crippen LogP contribution < -0.4 is 0 Å². The topological polar surface area (TPSA) is 108 Å². The van der Waals surface area contributed by atoms with Crippen LogP contribution in [0.25, 0.3) is 0 Å². The van der Waals surface area contributed by atoms with Crippen molar-refractivity contribution in [2.75, 3.05) is 6.61 Å². The molecule has 212 valence electrons. The highest BCUT2D eigenvalue weighted by Gasteiger charge is 2.70. The molecule has 5 aliphatic rings. The van der Waals surface area contributed by atoms with Gasteiger partial charge in [0.25, 0.3) is 0 Å². The smallest absolute Gasteiger partial charge is 0.427 e. The highest BCUT2D eigenvalue weighted by atomic mass is 16.5. The van der Waals surface area contributed by atoms with Crippen molar-refractivity contribution >= 4 is 18.7 Å². The van der Waals surface area contributed by atoms with Crippen molar-refractivity contribution in [3.63, 3.8) is 0 Å². The molecular weight excluding hydrogens is 489 g/mol. The van der Waals surface area contributed by atoms with Crippen LogP contribution in [0.1, 0.15) is 93.4 Å². The number of ether oxygens (including phenoxy) is 1. The number of allylic oxidation sites excluding steroid dienone is 4. The third kappa shape index (κ3) is 3.91. The molecule has 0 aliphatic heterocycles. The molecule has 0 aromatic heterocycles. The van der Waals surface area contributed by atoms with E-state index in [1.54, 1.807) is 0 Å². The predicted octanol–water partition coefficient (Wildman–Crippen LogP) is 5.45. The van der Waals surface area contributed by atoms with Crippen LogP contribution in [0.3, 0.4) is 0 Å². The molecule has 0 aromatic rings. The fourth-order valence-electron chi connectivity index (χ4n) is 10.2. The Morgan fingerprint density at radius 3 is 2.33 bits per heavy atom. The lowest BCUT2D eigenvalue weighted by Crippen LogP contribution is -2.66. The zero-order valence-corrected chi connectivity index (χ0v) is 24.9. The van der Waals surface area contributed by atoms with Crippen molar-refractivity contribution in [1.82, 2.24) is 0 Å². The number of ketones is 2. The lowest BCUT2D eigenvalue weighted by atomic mass is 9.35. The highest BCUT2D eigenvalue weighted by molar-refractivity contribution is 6.41. The van der Waals surface area contributed by atoms with Crippen molar-refractivity contribution in [2.45, 2.75) is 105 Å². The average molecular weight is 536 g/mol. The number of nitriles is 1. The minimum Gasteiger partial charge on any atom is -0.427 e. The first kappa shape index (κ1) is 28.8. The van der Waals surface area contributed by atoms with Crippen molar-refractivity contribution in [2.24, 2.45) is 44.8 Å². The van der Waals surface area contributed by atoms with Crippen LogP contribution in [-0.2, 0) is 14.3 Å². The van der Waals surface area contributed by atoms with Crippen molar-refractivity contribution < 1.29 is 24.4 Å². The largest absolute Gasteiger partial charge is 0.453 e. The van der Waals surface area contributed by atoms with E-state index in [2.05, 4.69) is 40.7 Å². The van der Waals surface area contributed by atoms with Crippen molar-refractivity contribution in [3.8, 4) is 6.07 Å². The first-order valence-electron chi connectivity index (χ1n) is 14.9. The number of rotatable bonds is 4. The van der Waals surface area contributed by atoms with Gasteiger partial charge >= 0.3 is 7.12 Å². The SMILES string of the molecule is CC1(C)CC[C@]2(OCCB(O)O)CC[C@]3(C)[C@H](C(=O)C=C4[C@@]5(C)C=C(C#N)C(=O)C(C)(C)[C@@H]5CC[C@]43C)[C@@H]2C1. The Kier molecular flexibility index (Phi) is 6.55. The van der Waals surface area contributed by atoms with Crippen LogP contribution in [0, 0.1) is 56.2 Å². The molecule has 39 heavy (non-hydrogen) atoms. The van der Waals surface area contributed by atoms with E-state index in [4.69, 9.17) is 4.74 Å². The van der Waals surface area contributed by atoms with Crippen LogP contribution in [0.15, 0.2) is 23.3 Å². The van der Waals surface area contributed by atoms with Gasteiger partial charge in [-0.05, 0) is 79.1 Å². The molecule has 3 saturated carbocycles. The molecule has 0 heterocycles. The van der Waals surface area contributed by atoms with Gasteiger partial charge < -0.3 is 14.8 Å². The molecule has 0 spiro atoms. The van der Waals surface area contributed by atoms with Gasteiger partial charge in [0.2, 0.25) is 0 Å². The molecule has 0 amide bonds. The van der Waals surface area contributed by atoms with Gasteiger partial charge in [-0.1, -0.05) is 60.1 Å². The summed E-state index contributed by atoms with van der Waals surface area (Å²) in [6.07, 6.45) is 10.3. The maximum Gasteiger partial charge on any atom is 0.453 e. The molecule has 7 atom stereocenters. The molecule has 2 N–H and O–H groups in total. The number of Topliss-reactive ketones (excluding diaryl/α,β-unsaturated/α-hetero) is 1. The number of nitrogens with zero attached hydrogens (tertiary/aromatic N) is 1. The van der Waals surface area contributed by atoms with Crippen LogP contribution in [-0.4, -0.2) is 40.9 Å². The quantitative estimate of drug-likeness (QED) is 0.464. The second-order valence-electron chi connectivity index (χ2n) is 15.4. The van der Waals surface area contributed by atoms with E-state index in [1.807, 2.05) is 26.0 Å². The summed E-state index contributed by atoms with van der Waals surface area (Å²) in [5.74, 6) is -0.0214. The van der Waals surface area contributed by atoms with Crippen molar-refractivity contribution in [3.05, 3.63) is 23.3 Å². The summed E-state index contributed by atoms with van der Waals surface area (Å²) in [4.78, 5) is 27.7. The van der Waals surface area contributed by atoms with E-state index >= 15 is 0 Å². The summed E-state index contributed by atoms with van der Waals surface area (Å²) in [6, 6.07) is 2.18. The summed E-state index contributed by atoms with van der Waals surface area (Å²) in [5.41, 5.74) is -0.741. The Morgan fingerprint density at radius 2 is 1.69 bits per heavy atom. The Hall–Kier alpha value is -1.75. The number of carbonyl (C=O) groups excluding carboxylic acids is 2. The van der Waals surface area contributed by atoms with E-state index in [9.17, 15) is 24.9 Å². The Morgan fingerprint density at radius 1 is 1.03 bits per heavy atom. The number of fused-ring (bicyclic) bond motifs is 7. The van der Waals surface area contributed by atoms with E-state index in [1.165, 1.54) is 0 Å². The van der Waals surface area contributed by atoms with Gasteiger partial charge in [-0.25, -0.2) is 0 Å². The molecule has 5 aliphatic carbocycles. The number of hydrogen-bond donors (Lipinski definition) is 2. The van der Waals surface area contributed by atoms with Gasteiger partial charge in [-0.2, -0.15) is 5.26 Å². The molecule has 0 bridgehead atoms. The first-order chi connectivity index (χ1) is 18.0. The first-order valence-corrected chi connectivity index (χ1v) is 14.9. The third-order valence-electron chi connectivity index (χ3n) is 12.5. The van der Waals surface area contributed by atoms with Crippen LogP contribution in [0.2, 0.25) is 6.32 Å². The Balaban J connectivity index is 1.63. The molecular formula is C32H46BNO5. The summed E-state index contributed by atoms with van der Waals surface area (Å²) >= 11 is 0. The third-order valence-corrected chi connectivity index (χ3v) is 12.5. The number of carbonyl (C=O) groups is 2. The standard InChI is InChI=1S/C32H46BNO5/c1-27(2)10-12-32(39-15-14-33(37)38)13-11-31(7)25(21(32)18-27)22(35)16-24-29(5)17-20(19-34)26(36)28(3,4)23(29)8-9-30(24,31)6/h16-17,21,23,25,37-38H,8-15,18H2,1-7H3/t21-,23-,25-,29-,30+,31+,32-/m0/s1. The van der Waals surface area contributed by atoms with Gasteiger partial charge in [-0.3, -0.25) is 9.59 Å². The summed E-state index contributed by atoms with van der Waals surface area (Å²) in [7, 11) is -1.40. The van der Waals surface area contributed by atoms with Gasteiger partial charge in [0.15, 0.2) is 11.6 Å². The Bertz CT molecular complexity index is 1200.